The number of nitrogens with zero attached hydrogens (tertiary/aromatic N) is 12. The molecular formula is C108H70N12. The summed E-state index contributed by atoms with van der Waals surface area (Å²) in [5, 5.41) is 0. The number of aromatic nitrogens is 12. The van der Waals surface area contributed by atoms with Gasteiger partial charge in [0.05, 0.1) is 0 Å². The highest BCUT2D eigenvalue weighted by Crippen LogP contribution is 2.45. The minimum atomic E-state index is 0.556. The topological polar surface area (TPSA) is 155 Å². The van der Waals surface area contributed by atoms with Gasteiger partial charge < -0.3 is 0 Å². The van der Waals surface area contributed by atoms with E-state index >= 15 is 0 Å². The van der Waals surface area contributed by atoms with Crippen molar-refractivity contribution in [1.82, 2.24) is 59.8 Å². The van der Waals surface area contributed by atoms with Crippen LogP contribution < -0.4 is 0 Å². The van der Waals surface area contributed by atoms with Gasteiger partial charge in [-0.15, -0.1) is 0 Å². The van der Waals surface area contributed by atoms with Gasteiger partial charge >= 0.3 is 0 Å². The maximum absolute atomic E-state index is 5.21. The highest BCUT2D eigenvalue weighted by molar-refractivity contribution is 5.96. The summed E-state index contributed by atoms with van der Waals surface area (Å²) in [4.78, 5) is 61.9. The van der Waals surface area contributed by atoms with Gasteiger partial charge in [0.15, 0.2) is 69.9 Å². The Bertz CT molecular complexity index is 6090. The summed E-state index contributed by atoms with van der Waals surface area (Å²) < 4.78 is 0. The summed E-state index contributed by atoms with van der Waals surface area (Å²) in [6.07, 6.45) is 0. The van der Waals surface area contributed by atoms with Crippen molar-refractivity contribution >= 4 is 0 Å². The molecule has 0 fully saturated rings. The van der Waals surface area contributed by atoms with E-state index in [1.165, 1.54) is 0 Å². The number of benzene rings is 16. The lowest BCUT2D eigenvalue weighted by atomic mass is 9.85. The third-order valence-electron chi connectivity index (χ3n) is 21.2. The van der Waals surface area contributed by atoms with Crippen molar-refractivity contribution in [2.24, 2.45) is 0 Å². The van der Waals surface area contributed by atoms with E-state index in [9.17, 15) is 0 Å². The van der Waals surface area contributed by atoms with Gasteiger partial charge in [-0.2, -0.15) is 0 Å². The molecular weight excluding hydrogens is 1470 g/mol. The second-order valence-electron chi connectivity index (χ2n) is 29.2. The van der Waals surface area contributed by atoms with Crippen molar-refractivity contribution in [1.29, 1.82) is 0 Å². The molecule has 0 aliphatic rings. The van der Waals surface area contributed by atoms with E-state index in [4.69, 9.17) is 59.8 Å². The van der Waals surface area contributed by atoms with Gasteiger partial charge in [-0.25, -0.2) is 59.8 Å². The van der Waals surface area contributed by atoms with Gasteiger partial charge in [0.25, 0.3) is 0 Å². The van der Waals surface area contributed by atoms with E-state index in [0.717, 1.165) is 145 Å². The SMILES string of the molecule is c1ccc(-c2nc(-c3ccccc3)nc(-c3cccc(-c4cc(-c5cccc(-c6nc(-c7ccccc7)nc(-c7ccccc7)n6)c5)cc(-c5ccccc5-c5ccccc5-c5cc(-c6cccc(-c7nc(-c8ccccc8)nc(-c8ccccc8)n7)c6)cc(-c6cccc(-c7nc(-c8ccccc8)nc(-c8ccccc8)n7)c6)c5)c4)c3)n2)cc1. The Kier molecular flexibility index (Phi) is 19.8. The third kappa shape index (κ3) is 15.5. The second-order valence-corrected chi connectivity index (χ2v) is 29.2. The second kappa shape index (κ2) is 32.8. The molecule has 12 heteroatoms. The molecule has 0 amide bonds. The van der Waals surface area contributed by atoms with Gasteiger partial charge in [-0.1, -0.05) is 364 Å². The van der Waals surface area contributed by atoms with E-state index in [1.807, 2.05) is 243 Å². The quantitative estimate of drug-likeness (QED) is 0.0757. The minimum Gasteiger partial charge on any atom is -0.208 e. The molecule has 0 unspecified atom stereocenters. The predicted octanol–water partition coefficient (Wildman–Crippen LogP) is 26.1. The average molecular weight is 1540 g/mol. The Balaban J connectivity index is 0.756. The zero-order valence-electron chi connectivity index (χ0n) is 64.8. The van der Waals surface area contributed by atoms with E-state index in [-0.39, 0.29) is 0 Å². The average Bonchev–Trinajstić information content (AvgIpc) is 0.765. The molecule has 0 saturated carbocycles. The lowest BCUT2D eigenvalue weighted by Gasteiger charge is -2.18. The monoisotopic (exact) mass is 1530 g/mol. The summed E-state index contributed by atoms with van der Waals surface area (Å²) in [6.45, 7) is 0. The van der Waals surface area contributed by atoms with Crippen LogP contribution in [0.4, 0.5) is 0 Å². The fraction of sp³-hybridized carbons (Fsp3) is 0. The Hall–Kier alpha value is -16.4. The van der Waals surface area contributed by atoms with Crippen molar-refractivity contribution in [2.45, 2.75) is 0 Å². The fourth-order valence-electron chi connectivity index (χ4n) is 15.3. The first-order valence-corrected chi connectivity index (χ1v) is 39.8. The lowest BCUT2D eigenvalue weighted by molar-refractivity contribution is 1.07. The standard InChI is InChI=1S/C108H70N12/c1-9-33-71(34-10-1)97-109-98(72-35-11-2-12-36-72)114-105(113-97)83-53-29-49-79(61-83)87-65-88(80-50-30-54-84(62-80)106-115-99(73-37-13-3-14-38-73)110-100(116-106)74-39-15-4-16-40-74)68-91(67-87)93-57-25-27-59-95(93)96-60-28-26-58-94(96)92-69-89(81-51-31-55-85(63-81)107-117-101(75-41-17-5-18-42-75)111-102(118-107)76-43-19-6-20-44-76)66-90(70-92)82-52-32-56-86(64-82)108-119-103(77-45-21-7-22-46-77)112-104(120-108)78-47-23-8-24-48-78/h1-70H. The highest BCUT2D eigenvalue weighted by Gasteiger charge is 2.23. The molecule has 0 N–H and O–H groups in total. The molecule has 0 radical (unpaired) electrons. The molecule has 4 heterocycles. The Morgan fingerprint density at radius 1 is 0.0833 bits per heavy atom. The molecule has 20 aromatic rings. The molecule has 120 heavy (non-hydrogen) atoms. The van der Waals surface area contributed by atoms with Crippen LogP contribution in [-0.2, 0) is 0 Å². The summed E-state index contributed by atoms with van der Waals surface area (Å²) in [7, 11) is 0. The molecule has 0 aliphatic carbocycles. The van der Waals surface area contributed by atoms with E-state index in [2.05, 4.69) is 182 Å². The summed E-state index contributed by atoms with van der Waals surface area (Å²) in [6, 6.07) is 146. The normalized spacial score (nSPS) is 11.2. The Morgan fingerprint density at radius 2 is 0.208 bits per heavy atom. The maximum Gasteiger partial charge on any atom is 0.164 e. The smallest absolute Gasteiger partial charge is 0.164 e. The summed E-state index contributed by atoms with van der Waals surface area (Å²) >= 11 is 0. The predicted molar refractivity (Wildman–Crippen MR) is 483 cm³/mol. The molecule has 20 rings (SSSR count). The first kappa shape index (κ1) is 72.5. The molecule has 0 atom stereocenters. The number of hydrogen-bond acceptors (Lipinski definition) is 12. The zero-order chi connectivity index (χ0) is 79.9. The van der Waals surface area contributed by atoms with Gasteiger partial charge in [-0.3, -0.25) is 0 Å². The van der Waals surface area contributed by atoms with E-state index < -0.39 is 0 Å². The molecule has 12 nitrogen and oxygen atoms in total. The van der Waals surface area contributed by atoms with Crippen LogP contribution in [0.1, 0.15) is 0 Å². The molecule has 4 aromatic heterocycles. The van der Waals surface area contributed by atoms with Crippen molar-refractivity contribution in [3.05, 3.63) is 425 Å². The summed E-state index contributed by atoms with van der Waals surface area (Å²) in [5.74, 6) is 6.90. The number of rotatable bonds is 19. The first-order chi connectivity index (χ1) is 59.4. The van der Waals surface area contributed by atoms with Crippen LogP contribution in [0.25, 0.3) is 215 Å². The molecule has 562 valence electrons. The largest absolute Gasteiger partial charge is 0.208 e. The van der Waals surface area contributed by atoms with Crippen molar-refractivity contribution in [3.8, 4) is 215 Å². The van der Waals surface area contributed by atoms with Gasteiger partial charge in [-0.05, 0) is 139 Å². The van der Waals surface area contributed by atoms with Gasteiger partial charge in [0, 0.05) is 66.8 Å². The summed E-state index contributed by atoms with van der Waals surface area (Å²) in [5.41, 5.74) is 24.4. The molecule has 0 spiro atoms. The molecule has 0 bridgehead atoms. The van der Waals surface area contributed by atoms with Gasteiger partial charge in [0.1, 0.15) is 0 Å². The molecule has 16 aromatic carbocycles. The van der Waals surface area contributed by atoms with Gasteiger partial charge in [0.2, 0.25) is 0 Å². The third-order valence-corrected chi connectivity index (χ3v) is 21.2. The van der Waals surface area contributed by atoms with E-state index in [1.54, 1.807) is 0 Å². The van der Waals surface area contributed by atoms with Crippen LogP contribution >= 0.6 is 0 Å². The molecule has 0 aliphatic heterocycles. The Morgan fingerprint density at radius 3 is 0.392 bits per heavy atom. The van der Waals surface area contributed by atoms with E-state index in [0.29, 0.717) is 69.9 Å². The fourth-order valence-corrected chi connectivity index (χ4v) is 15.3. The van der Waals surface area contributed by atoms with Crippen LogP contribution in [0.5, 0.6) is 0 Å². The Labute approximate surface area is 694 Å². The van der Waals surface area contributed by atoms with Crippen molar-refractivity contribution < 1.29 is 0 Å². The van der Waals surface area contributed by atoms with Crippen LogP contribution in [0.3, 0.4) is 0 Å². The van der Waals surface area contributed by atoms with Crippen LogP contribution in [0, 0.1) is 0 Å². The zero-order valence-corrected chi connectivity index (χ0v) is 64.8. The number of hydrogen-bond donors (Lipinski definition) is 0. The highest BCUT2D eigenvalue weighted by atomic mass is 15.1. The molecule has 0 saturated heterocycles. The lowest BCUT2D eigenvalue weighted by Crippen LogP contribution is -2.00. The van der Waals surface area contributed by atoms with Crippen molar-refractivity contribution in [3.63, 3.8) is 0 Å². The van der Waals surface area contributed by atoms with Crippen LogP contribution in [0.15, 0.2) is 425 Å². The van der Waals surface area contributed by atoms with Crippen LogP contribution in [0.2, 0.25) is 0 Å². The maximum atomic E-state index is 5.21. The van der Waals surface area contributed by atoms with Crippen molar-refractivity contribution in [2.75, 3.05) is 0 Å². The first-order valence-electron chi connectivity index (χ1n) is 39.8. The minimum absolute atomic E-state index is 0.556. The van der Waals surface area contributed by atoms with Crippen LogP contribution in [-0.4, -0.2) is 59.8 Å².